The molecule has 0 fully saturated rings. The molecular formula is C6H6ClO6PS. The average Bonchev–Trinajstić information content (AvgIpc) is 2.00. The third-order valence-electron chi connectivity index (χ3n) is 1.33. The molecule has 0 atom stereocenters. The van der Waals surface area contributed by atoms with Gasteiger partial charge in [-0.05, 0) is 24.3 Å². The predicted molar refractivity (Wildman–Crippen MR) is 52.2 cm³/mol. The van der Waals surface area contributed by atoms with Crippen LogP contribution in [0.4, 0.5) is 0 Å². The van der Waals surface area contributed by atoms with Crippen molar-refractivity contribution in [2.24, 2.45) is 0 Å². The quantitative estimate of drug-likeness (QED) is 0.631. The molecule has 0 amide bonds. The Hall–Kier alpha value is -0.590. The molecule has 1 aromatic carbocycles. The van der Waals surface area contributed by atoms with E-state index in [1.807, 2.05) is 0 Å². The number of hydrogen-bond donors (Lipinski definition) is 2. The Morgan fingerprint density at radius 1 is 1.20 bits per heavy atom. The van der Waals surface area contributed by atoms with Crippen LogP contribution in [0.25, 0.3) is 0 Å². The van der Waals surface area contributed by atoms with Crippen molar-refractivity contribution < 1.29 is 27.3 Å². The summed E-state index contributed by atoms with van der Waals surface area (Å²) in [6.07, 6.45) is 0. The van der Waals surface area contributed by atoms with E-state index in [1.54, 1.807) is 0 Å². The highest BCUT2D eigenvalue weighted by Crippen LogP contribution is 2.37. The molecule has 0 aliphatic carbocycles. The van der Waals surface area contributed by atoms with E-state index < -0.39 is 16.9 Å². The van der Waals surface area contributed by atoms with Crippen LogP contribution in [0.2, 0.25) is 0 Å². The van der Waals surface area contributed by atoms with Gasteiger partial charge in [-0.2, -0.15) is 0 Å². The van der Waals surface area contributed by atoms with E-state index in [1.165, 1.54) is 0 Å². The largest absolute Gasteiger partial charge is 0.524 e. The number of halogens is 1. The Morgan fingerprint density at radius 3 is 2.00 bits per heavy atom. The van der Waals surface area contributed by atoms with Gasteiger partial charge in [0.1, 0.15) is 5.75 Å². The first-order valence-electron chi connectivity index (χ1n) is 3.48. The molecule has 1 rings (SSSR count). The summed E-state index contributed by atoms with van der Waals surface area (Å²) in [7, 11) is -3.44. The molecule has 1 aromatic rings. The normalized spacial score (nSPS) is 12.5. The first-order valence-corrected chi connectivity index (χ1v) is 7.32. The molecule has 0 radical (unpaired) electrons. The van der Waals surface area contributed by atoms with Gasteiger partial charge in [0, 0.05) is 10.7 Å². The van der Waals surface area contributed by atoms with E-state index in [0.29, 0.717) is 0 Å². The van der Waals surface area contributed by atoms with Gasteiger partial charge in [0.05, 0.1) is 4.90 Å². The molecule has 0 unspecified atom stereocenters. The van der Waals surface area contributed by atoms with Crippen molar-refractivity contribution in [3.63, 3.8) is 0 Å². The number of benzene rings is 1. The summed E-state index contributed by atoms with van der Waals surface area (Å²) >= 11 is 0. The molecule has 0 spiro atoms. The second kappa shape index (κ2) is 4.11. The maximum absolute atomic E-state index is 10.8. The Labute approximate surface area is 90.1 Å². The lowest BCUT2D eigenvalue weighted by Gasteiger charge is -2.06. The monoisotopic (exact) mass is 272 g/mol. The van der Waals surface area contributed by atoms with Crippen molar-refractivity contribution in [3.05, 3.63) is 24.3 Å². The van der Waals surface area contributed by atoms with Gasteiger partial charge in [0.2, 0.25) is 0 Å². The van der Waals surface area contributed by atoms with E-state index in [2.05, 4.69) is 4.52 Å². The summed E-state index contributed by atoms with van der Waals surface area (Å²) in [4.78, 5) is 16.7. The summed E-state index contributed by atoms with van der Waals surface area (Å²) in [6, 6.07) is 4.34. The first kappa shape index (κ1) is 12.5. The minimum Gasteiger partial charge on any atom is -0.404 e. The first-order chi connectivity index (χ1) is 6.68. The van der Waals surface area contributed by atoms with Crippen molar-refractivity contribution in [1.82, 2.24) is 0 Å². The fourth-order valence-corrected chi connectivity index (χ4v) is 1.97. The van der Waals surface area contributed by atoms with Crippen molar-refractivity contribution >= 4 is 27.6 Å². The summed E-state index contributed by atoms with van der Waals surface area (Å²) in [6.45, 7) is 0. The van der Waals surface area contributed by atoms with Gasteiger partial charge in [-0.15, -0.1) is 0 Å². The highest BCUT2D eigenvalue weighted by molar-refractivity contribution is 8.13. The Kier molecular flexibility index (Phi) is 3.42. The standard InChI is InChI=1S/C6H6ClO6PS/c7-15(11,12)6-3-1-5(2-4-6)13-14(8,9)10/h1-4H,(H2,8,9,10). The maximum Gasteiger partial charge on any atom is 0.524 e. The van der Waals surface area contributed by atoms with Crippen molar-refractivity contribution in [1.29, 1.82) is 0 Å². The number of phosphoric acid groups is 1. The van der Waals surface area contributed by atoms with Gasteiger partial charge in [-0.1, -0.05) is 0 Å². The molecule has 84 valence electrons. The van der Waals surface area contributed by atoms with E-state index in [0.717, 1.165) is 24.3 Å². The molecule has 0 saturated carbocycles. The van der Waals surface area contributed by atoms with Crippen LogP contribution in [0.3, 0.4) is 0 Å². The number of phosphoric ester groups is 1. The number of rotatable bonds is 3. The van der Waals surface area contributed by atoms with Crippen LogP contribution in [-0.4, -0.2) is 18.2 Å². The lowest BCUT2D eigenvalue weighted by Crippen LogP contribution is -1.92. The van der Waals surface area contributed by atoms with Crippen LogP contribution in [0.5, 0.6) is 5.75 Å². The van der Waals surface area contributed by atoms with Crippen LogP contribution < -0.4 is 4.52 Å². The molecule has 0 bridgehead atoms. The predicted octanol–water partition coefficient (Wildman–Crippen LogP) is 1.09. The molecule has 15 heavy (non-hydrogen) atoms. The molecule has 0 heterocycles. The molecule has 9 heteroatoms. The van der Waals surface area contributed by atoms with E-state index in [9.17, 15) is 13.0 Å². The molecule has 2 N–H and O–H groups in total. The van der Waals surface area contributed by atoms with Crippen LogP contribution >= 0.6 is 18.5 Å². The van der Waals surface area contributed by atoms with Crippen molar-refractivity contribution in [2.45, 2.75) is 4.90 Å². The SMILES string of the molecule is O=P(O)(O)Oc1ccc(S(=O)(=O)Cl)cc1. The van der Waals surface area contributed by atoms with Crippen LogP contribution in [-0.2, 0) is 13.6 Å². The Morgan fingerprint density at radius 2 is 1.67 bits per heavy atom. The van der Waals surface area contributed by atoms with E-state index in [-0.39, 0.29) is 10.6 Å². The molecule has 0 aliphatic heterocycles. The maximum atomic E-state index is 10.8. The fourth-order valence-electron chi connectivity index (χ4n) is 0.800. The van der Waals surface area contributed by atoms with Gasteiger partial charge < -0.3 is 4.52 Å². The third kappa shape index (κ3) is 4.19. The van der Waals surface area contributed by atoms with Crippen LogP contribution in [0.15, 0.2) is 29.2 Å². The lowest BCUT2D eigenvalue weighted by molar-refractivity contribution is 0.283. The molecule has 0 aliphatic rings. The van der Waals surface area contributed by atoms with Crippen molar-refractivity contribution in [2.75, 3.05) is 0 Å². The Balaban J connectivity index is 2.97. The summed E-state index contributed by atoms with van der Waals surface area (Å²) < 4.78 is 36.2. The minimum atomic E-state index is -4.63. The highest BCUT2D eigenvalue weighted by atomic mass is 35.7. The molecule has 6 nitrogen and oxygen atoms in total. The molecule has 0 aromatic heterocycles. The summed E-state index contributed by atoms with van der Waals surface area (Å²) in [5, 5.41) is 0. The third-order valence-corrected chi connectivity index (χ3v) is 3.15. The highest BCUT2D eigenvalue weighted by Gasteiger charge is 2.16. The fraction of sp³-hybridized carbons (Fsp3) is 0. The topological polar surface area (TPSA) is 101 Å². The van der Waals surface area contributed by atoms with Crippen molar-refractivity contribution in [3.8, 4) is 5.75 Å². The number of hydrogen-bond acceptors (Lipinski definition) is 4. The smallest absolute Gasteiger partial charge is 0.404 e. The van der Waals surface area contributed by atoms with Crippen LogP contribution in [0, 0.1) is 0 Å². The van der Waals surface area contributed by atoms with Gasteiger partial charge in [0.25, 0.3) is 9.05 Å². The second-order valence-corrected chi connectivity index (χ2v) is 6.22. The second-order valence-electron chi connectivity index (χ2n) is 2.49. The van der Waals surface area contributed by atoms with Crippen LogP contribution in [0.1, 0.15) is 0 Å². The minimum absolute atomic E-state index is 0.146. The van der Waals surface area contributed by atoms with Gasteiger partial charge in [-0.3, -0.25) is 9.79 Å². The van der Waals surface area contributed by atoms with Gasteiger partial charge in [0.15, 0.2) is 0 Å². The summed E-state index contributed by atoms with van der Waals surface area (Å²) in [5.74, 6) is -0.146. The zero-order valence-corrected chi connectivity index (χ0v) is 9.54. The molecule has 0 saturated heterocycles. The lowest BCUT2D eigenvalue weighted by atomic mass is 10.3. The zero-order valence-electron chi connectivity index (χ0n) is 7.07. The average molecular weight is 273 g/mol. The van der Waals surface area contributed by atoms with E-state index >= 15 is 0 Å². The van der Waals surface area contributed by atoms with Gasteiger partial charge >= 0.3 is 7.82 Å². The summed E-state index contributed by atoms with van der Waals surface area (Å²) in [5.41, 5.74) is 0. The molecular weight excluding hydrogens is 267 g/mol. The van der Waals surface area contributed by atoms with Gasteiger partial charge in [-0.25, -0.2) is 13.0 Å². The zero-order chi connectivity index (χ0) is 11.7. The van der Waals surface area contributed by atoms with E-state index in [4.69, 9.17) is 20.5 Å². The Bertz CT molecular complexity index is 489.